The lowest BCUT2D eigenvalue weighted by molar-refractivity contribution is 0.573. The van der Waals surface area contributed by atoms with Gasteiger partial charge >= 0.3 is 0 Å². The van der Waals surface area contributed by atoms with Crippen LogP contribution in [0.2, 0.25) is 0 Å². The van der Waals surface area contributed by atoms with Crippen molar-refractivity contribution in [2.45, 2.75) is 13.0 Å². The van der Waals surface area contributed by atoms with Gasteiger partial charge in [-0.05, 0) is 18.6 Å². The molecule has 0 radical (unpaired) electrons. The highest BCUT2D eigenvalue weighted by atomic mass is 32.2. The van der Waals surface area contributed by atoms with E-state index in [-0.39, 0.29) is 0 Å². The Morgan fingerprint density at radius 3 is 3.00 bits per heavy atom. The van der Waals surface area contributed by atoms with Gasteiger partial charge in [0, 0.05) is 29.4 Å². The summed E-state index contributed by atoms with van der Waals surface area (Å²) in [5, 5.41) is 9.77. The molecule has 5 nitrogen and oxygen atoms in total. The standard InChI is InChI=1S/C5H10N4OS2/c1-12(10)4-2-3-9-5(11)6-7-8-9/h2-4H2,1H3,(H,6,8,11). The molecular formula is C5H10N4OS2. The molecule has 1 heterocycles. The van der Waals surface area contributed by atoms with Gasteiger partial charge < -0.3 is 0 Å². The van der Waals surface area contributed by atoms with Crippen LogP contribution in [0, 0.1) is 4.77 Å². The van der Waals surface area contributed by atoms with Crippen LogP contribution in [0.15, 0.2) is 0 Å². The van der Waals surface area contributed by atoms with E-state index in [9.17, 15) is 4.21 Å². The minimum absolute atomic E-state index is 0.442. The van der Waals surface area contributed by atoms with Crippen LogP contribution in [-0.4, -0.2) is 36.4 Å². The molecule has 68 valence electrons. The van der Waals surface area contributed by atoms with Crippen LogP contribution in [0.3, 0.4) is 0 Å². The minimum atomic E-state index is -0.736. The second-order valence-corrected chi connectivity index (χ2v) is 4.28. The molecule has 0 aliphatic carbocycles. The molecule has 0 saturated heterocycles. The van der Waals surface area contributed by atoms with Crippen molar-refractivity contribution in [2.75, 3.05) is 12.0 Å². The third-order valence-corrected chi connectivity index (χ3v) is 2.51. The molecule has 1 atom stereocenters. The number of nitrogens with one attached hydrogen (secondary N) is 1. The Morgan fingerprint density at radius 2 is 2.50 bits per heavy atom. The average molecular weight is 206 g/mol. The summed E-state index contributed by atoms with van der Waals surface area (Å²) in [6.45, 7) is 0.700. The lowest BCUT2D eigenvalue weighted by atomic mass is 10.5. The lowest BCUT2D eigenvalue weighted by Crippen LogP contribution is -2.04. The summed E-state index contributed by atoms with van der Waals surface area (Å²) < 4.78 is 12.8. The number of hydrogen-bond acceptors (Lipinski definition) is 4. The SMILES string of the molecule is CS(=O)CCCn1[nH]nnc1=S. The van der Waals surface area contributed by atoms with E-state index in [0.29, 0.717) is 17.1 Å². The van der Waals surface area contributed by atoms with Crippen LogP contribution in [0.4, 0.5) is 0 Å². The van der Waals surface area contributed by atoms with Crippen molar-refractivity contribution in [3.05, 3.63) is 4.77 Å². The maximum absolute atomic E-state index is 10.7. The first-order chi connectivity index (χ1) is 5.70. The maximum Gasteiger partial charge on any atom is 0.238 e. The highest BCUT2D eigenvalue weighted by Crippen LogP contribution is 1.90. The monoisotopic (exact) mass is 206 g/mol. The first kappa shape index (κ1) is 9.53. The maximum atomic E-state index is 10.7. The summed E-state index contributed by atoms with van der Waals surface area (Å²) in [7, 11) is -0.736. The third-order valence-electron chi connectivity index (χ3n) is 1.35. The summed E-state index contributed by atoms with van der Waals surface area (Å²) in [6.07, 6.45) is 2.51. The van der Waals surface area contributed by atoms with Crippen LogP contribution in [0.25, 0.3) is 0 Å². The molecule has 1 rings (SSSR count). The molecule has 1 unspecified atom stereocenters. The summed E-state index contributed by atoms with van der Waals surface area (Å²) in [5.74, 6) is 0.681. The topological polar surface area (TPSA) is 63.6 Å². The predicted molar refractivity (Wildman–Crippen MR) is 48.8 cm³/mol. The summed E-state index contributed by atoms with van der Waals surface area (Å²) in [4.78, 5) is 0. The molecule has 0 fully saturated rings. The number of aryl methyl sites for hydroxylation is 1. The second kappa shape index (κ2) is 4.46. The van der Waals surface area contributed by atoms with Gasteiger partial charge in [0.1, 0.15) is 0 Å². The summed E-state index contributed by atoms with van der Waals surface area (Å²) >= 11 is 4.85. The second-order valence-electron chi connectivity index (χ2n) is 2.37. The van der Waals surface area contributed by atoms with Gasteiger partial charge in [-0.1, -0.05) is 10.3 Å². The summed E-state index contributed by atoms with van der Waals surface area (Å²) in [6, 6.07) is 0. The van der Waals surface area contributed by atoms with Crippen molar-refractivity contribution < 1.29 is 4.21 Å². The van der Waals surface area contributed by atoms with E-state index in [1.54, 1.807) is 10.9 Å². The molecule has 1 aromatic rings. The zero-order valence-corrected chi connectivity index (χ0v) is 8.32. The molecule has 1 aromatic heterocycles. The van der Waals surface area contributed by atoms with Gasteiger partial charge in [0.2, 0.25) is 4.77 Å². The molecule has 0 bridgehead atoms. The molecule has 0 aliphatic rings. The van der Waals surface area contributed by atoms with E-state index >= 15 is 0 Å². The number of aromatic amines is 1. The van der Waals surface area contributed by atoms with Gasteiger partial charge in [-0.25, -0.2) is 4.68 Å². The van der Waals surface area contributed by atoms with Gasteiger partial charge in [-0.3, -0.25) is 4.21 Å². The van der Waals surface area contributed by atoms with E-state index in [2.05, 4.69) is 15.5 Å². The molecule has 0 saturated carbocycles. The zero-order chi connectivity index (χ0) is 8.97. The van der Waals surface area contributed by atoms with Crippen molar-refractivity contribution in [1.29, 1.82) is 0 Å². The predicted octanol–water partition coefficient (Wildman–Crippen LogP) is 0.104. The number of tetrazole rings is 1. The van der Waals surface area contributed by atoms with Gasteiger partial charge in [0.25, 0.3) is 0 Å². The zero-order valence-electron chi connectivity index (χ0n) is 6.69. The van der Waals surface area contributed by atoms with Crippen LogP contribution >= 0.6 is 12.2 Å². The number of hydrogen-bond donors (Lipinski definition) is 1. The van der Waals surface area contributed by atoms with Crippen LogP contribution in [0.1, 0.15) is 6.42 Å². The van der Waals surface area contributed by atoms with E-state index < -0.39 is 10.8 Å². The number of nitrogens with zero attached hydrogens (tertiary/aromatic N) is 3. The average Bonchev–Trinajstić information content (AvgIpc) is 2.36. The van der Waals surface area contributed by atoms with Crippen LogP contribution < -0.4 is 0 Å². The van der Waals surface area contributed by atoms with Gasteiger partial charge in [-0.15, -0.1) is 0 Å². The Hall–Kier alpha value is -0.560. The quantitative estimate of drug-likeness (QED) is 0.710. The Morgan fingerprint density at radius 1 is 1.75 bits per heavy atom. The molecule has 0 aliphatic heterocycles. The van der Waals surface area contributed by atoms with Crippen LogP contribution in [0.5, 0.6) is 0 Å². The molecule has 12 heavy (non-hydrogen) atoms. The summed E-state index contributed by atoms with van der Waals surface area (Å²) in [5.41, 5.74) is 0. The first-order valence-electron chi connectivity index (χ1n) is 3.48. The molecule has 0 amide bonds. The highest BCUT2D eigenvalue weighted by Gasteiger charge is 1.96. The van der Waals surface area contributed by atoms with Gasteiger partial charge in [0.15, 0.2) is 0 Å². The molecule has 0 aromatic carbocycles. The fourth-order valence-corrected chi connectivity index (χ4v) is 1.50. The number of H-pyrrole nitrogens is 1. The number of aromatic nitrogens is 4. The van der Waals surface area contributed by atoms with Crippen molar-refractivity contribution >= 4 is 23.0 Å². The van der Waals surface area contributed by atoms with Crippen LogP contribution in [-0.2, 0) is 17.3 Å². The minimum Gasteiger partial charge on any atom is -0.260 e. The normalized spacial score (nSPS) is 13.1. The largest absolute Gasteiger partial charge is 0.260 e. The number of rotatable bonds is 4. The molecule has 0 spiro atoms. The van der Waals surface area contributed by atoms with E-state index in [4.69, 9.17) is 12.2 Å². The Kier molecular flexibility index (Phi) is 3.54. The Balaban J connectivity index is 2.39. The van der Waals surface area contributed by atoms with E-state index in [1.165, 1.54) is 0 Å². The lowest BCUT2D eigenvalue weighted by Gasteiger charge is -1.97. The Labute approximate surface area is 77.6 Å². The van der Waals surface area contributed by atoms with E-state index in [1.807, 2.05) is 0 Å². The molecule has 7 heteroatoms. The van der Waals surface area contributed by atoms with Gasteiger partial charge in [-0.2, -0.15) is 5.21 Å². The Bertz CT molecular complexity index is 317. The smallest absolute Gasteiger partial charge is 0.238 e. The molecule has 1 N–H and O–H groups in total. The van der Waals surface area contributed by atoms with Crippen molar-refractivity contribution in [3.63, 3.8) is 0 Å². The van der Waals surface area contributed by atoms with Crippen molar-refractivity contribution in [3.8, 4) is 0 Å². The third kappa shape index (κ3) is 2.82. The molecular weight excluding hydrogens is 196 g/mol. The van der Waals surface area contributed by atoms with Gasteiger partial charge in [0.05, 0.1) is 0 Å². The fourth-order valence-electron chi connectivity index (χ4n) is 0.787. The van der Waals surface area contributed by atoms with Crippen molar-refractivity contribution in [2.24, 2.45) is 0 Å². The van der Waals surface area contributed by atoms with Crippen molar-refractivity contribution in [1.82, 2.24) is 20.2 Å². The highest BCUT2D eigenvalue weighted by molar-refractivity contribution is 7.84. The van der Waals surface area contributed by atoms with E-state index in [0.717, 1.165) is 6.42 Å². The first-order valence-corrected chi connectivity index (χ1v) is 5.61. The fraction of sp³-hybridized carbons (Fsp3) is 0.800.